The summed E-state index contributed by atoms with van der Waals surface area (Å²) in [6, 6.07) is 9.49. The molecule has 1 saturated heterocycles. The highest BCUT2D eigenvalue weighted by Crippen LogP contribution is 2.27. The van der Waals surface area contributed by atoms with E-state index in [4.69, 9.17) is 16.6 Å². The number of nitriles is 1. The molecule has 1 aromatic carbocycles. The molecule has 1 N–H and O–H groups in total. The van der Waals surface area contributed by atoms with Crippen molar-refractivity contribution in [1.82, 2.24) is 10.2 Å². The van der Waals surface area contributed by atoms with Gasteiger partial charge in [-0.3, -0.25) is 4.79 Å². The van der Waals surface area contributed by atoms with Gasteiger partial charge < -0.3 is 15.0 Å². The van der Waals surface area contributed by atoms with E-state index in [0.29, 0.717) is 37.3 Å². The van der Waals surface area contributed by atoms with Crippen molar-refractivity contribution in [1.29, 1.82) is 5.26 Å². The molecule has 1 saturated carbocycles. The zero-order chi connectivity index (χ0) is 18.4. The van der Waals surface area contributed by atoms with Crippen molar-refractivity contribution in [2.75, 3.05) is 19.7 Å². The van der Waals surface area contributed by atoms with Gasteiger partial charge in [-0.15, -0.1) is 0 Å². The summed E-state index contributed by atoms with van der Waals surface area (Å²) in [6.45, 7) is 8.63. The summed E-state index contributed by atoms with van der Waals surface area (Å²) in [7, 11) is 0. The van der Waals surface area contributed by atoms with E-state index in [9.17, 15) is 4.79 Å². The topological polar surface area (TPSA) is 69.7 Å². The van der Waals surface area contributed by atoms with Crippen LogP contribution in [0.4, 0.5) is 5.69 Å². The lowest BCUT2D eigenvalue weighted by molar-refractivity contribution is -0.130. The van der Waals surface area contributed by atoms with E-state index >= 15 is 0 Å². The Bertz CT molecular complexity index is 704. The lowest BCUT2D eigenvalue weighted by atomic mass is 10.1. The molecule has 0 spiro atoms. The lowest BCUT2D eigenvalue weighted by Crippen LogP contribution is -2.42. The van der Waals surface area contributed by atoms with Gasteiger partial charge in [-0.25, -0.2) is 4.85 Å². The van der Waals surface area contributed by atoms with Gasteiger partial charge in [-0.05, 0) is 50.2 Å². The van der Waals surface area contributed by atoms with E-state index in [2.05, 4.69) is 16.2 Å². The maximum atomic E-state index is 12.3. The number of ether oxygens (including phenoxy) is 1. The zero-order valence-corrected chi connectivity index (χ0v) is 14.9. The first-order chi connectivity index (χ1) is 12.7. The van der Waals surface area contributed by atoms with Crippen molar-refractivity contribution in [3.63, 3.8) is 0 Å². The number of amides is 1. The van der Waals surface area contributed by atoms with Crippen LogP contribution in [-0.4, -0.2) is 42.6 Å². The Morgan fingerprint density at radius 1 is 1.35 bits per heavy atom. The Morgan fingerprint density at radius 2 is 2.15 bits per heavy atom. The first kappa shape index (κ1) is 18.2. The van der Waals surface area contributed by atoms with Crippen LogP contribution in [0.15, 0.2) is 24.3 Å². The minimum Gasteiger partial charge on any atom is -0.493 e. The third-order valence-electron chi connectivity index (χ3n) is 5.26. The van der Waals surface area contributed by atoms with Crippen LogP contribution in [0.5, 0.6) is 5.75 Å². The molecule has 1 amide bonds. The van der Waals surface area contributed by atoms with Crippen molar-refractivity contribution in [2.45, 2.75) is 44.2 Å². The van der Waals surface area contributed by atoms with E-state index in [1.54, 1.807) is 17.0 Å². The molecule has 6 heteroatoms. The van der Waals surface area contributed by atoms with Crippen LogP contribution in [0.2, 0.25) is 0 Å². The Balaban J connectivity index is 1.38. The van der Waals surface area contributed by atoms with Crippen LogP contribution < -0.4 is 10.1 Å². The first-order valence-corrected chi connectivity index (χ1v) is 9.22. The van der Waals surface area contributed by atoms with E-state index in [1.165, 1.54) is 0 Å². The van der Waals surface area contributed by atoms with E-state index in [1.807, 2.05) is 12.1 Å². The van der Waals surface area contributed by atoms with E-state index < -0.39 is 0 Å². The predicted molar refractivity (Wildman–Crippen MR) is 97.7 cm³/mol. The molecule has 2 aliphatic rings. The summed E-state index contributed by atoms with van der Waals surface area (Å²) < 4.78 is 5.83. The molecule has 0 bridgehead atoms. The normalized spacial score (nSPS) is 24.8. The molecule has 0 aromatic heterocycles. The second kappa shape index (κ2) is 8.69. The molecule has 1 aliphatic carbocycles. The third-order valence-corrected chi connectivity index (χ3v) is 5.26. The minimum atomic E-state index is -0.247. The molecule has 3 rings (SSSR count). The van der Waals surface area contributed by atoms with Gasteiger partial charge in [0.05, 0.1) is 25.8 Å². The van der Waals surface area contributed by atoms with Gasteiger partial charge in [0.2, 0.25) is 5.91 Å². The van der Waals surface area contributed by atoms with Crippen LogP contribution in [-0.2, 0) is 4.79 Å². The molecule has 1 heterocycles. The lowest BCUT2D eigenvalue weighted by Gasteiger charge is -2.21. The van der Waals surface area contributed by atoms with Crippen molar-refractivity contribution < 1.29 is 9.53 Å². The van der Waals surface area contributed by atoms with Crippen molar-refractivity contribution in [2.24, 2.45) is 5.92 Å². The van der Waals surface area contributed by atoms with Gasteiger partial charge in [0, 0.05) is 12.6 Å². The summed E-state index contributed by atoms with van der Waals surface area (Å²) >= 11 is 0. The van der Waals surface area contributed by atoms with Crippen molar-refractivity contribution >= 4 is 11.6 Å². The number of nitrogens with one attached hydrogen (secondary N) is 1. The summed E-state index contributed by atoms with van der Waals surface area (Å²) in [5.74, 6) is 1.30. The molecule has 1 aromatic rings. The molecule has 2 fully saturated rings. The van der Waals surface area contributed by atoms with E-state index in [0.717, 1.165) is 37.9 Å². The molecule has 1 aliphatic heterocycles. The van der Waals surface area contributed by atoms with E-state index in [-0.39, 0.29) is 11.9 Å². The highest BCUT2D eigenvalue weighted by Gasteiger charge is 2.30. The predicted octanol–water partition coefficient (Wildman–Crippen LogP) is 2.89. The minimum absolute atomic E-state index is 0.0358. The molecule has 0 radical (unpaired) electrons. The molecule has 136 valence electrons. The Labute approximate surface area is 154 Å². The second-order valence-corrected chi connectivity index (χ2v) is 7.05. The Hall–Kier alpha value is -2.57. The molecule has 6 nitrogen and oxygen atoms in total. The van der Waals surface area contributed by atoms with Gasteiger partial charge in [-0.2, -0.15) is 5.26 Å². The fraction of sp³-hybridized carbons (Fsp3) is 0.550. The Morgan fingerprint density at radius 3 is 2.88 bits per heavy atom. The number of benzene rings is 1. The van der Waals surface area contributed by atoms with Gasteiger partial charge in [0.15, 0.2) is 5.69 Å². The zero-order valence-electron chi connectivity index (χ0n) is 14.9. The monoisotopic (exact) mass is 352 g/mol. The second-order valence-electron chi connectivity index (χ2n) is 7.05. The average Bonchev–Trinajstić information content (AvgIpc) is 3.34. The number of carbonyl (C=O) groups excluding carboxylic acids is 1. The molecular formula is C20H24N4O2. The highest BCUT2D eigenvalue weighted by molar-refractivity contribution is 5.79. The average molecular weight is 352 g/mol. The number of hydrogen-bond acceptors (Lipinski definition) is 4. The number of hydrogen-bond donors (Lipinski definition) is 1. The SMILES string of the molecule is [C-]#[N+]c1ccc(OC[C@@H]2CC[C@H](NCC(=O)N3CCC[C@H]3C#N)C2)cc1. The van der Waals surface area contributed by atoms with Crippen LogP contribution in [0.1, 0.15) is 32.1 Å². The first-order valence-electron chi connectivity index (χ1n) is 9.22. The maximum Gasteiger partial charge on any atom is 0.237 e. The van der Waals surface area contributed by atoms with Crippen molar-refractivity contribution in [3.8, 4) is 11.8 Å². The maximum absolute atomic E-state index is 12.3. The fourth-order valence-electron chi connectivity index (χ4n) is 3.78. The molecular weight excluding hydrogens is 328 g/mol. The summed E-state index contributed by atoms with van der Waals surface area (Å²) in [4.78, 5) is 17.4. The molecule has 3 atom stereocenters. The smallest absolute Gasteiger partial charge is 0.237 e. The number of rotatable bonds is 6. The van der Waals surface area contributed by atoms with Gasteiger partial charge in [0.25, 0.3) is 0 Å². The number of carbonyl (C=O) groups is 1. The van der Waals surface area contributed by atoms with Crippen molar-refractivity contribution in [3.05, 3.63) is 35.7 Å². The number of likely N-dealkylation sites (tertiary alicyclic amines) is 1. The largest absolute Gasteiger partial charge is 0.493 e. The Kier molecular flexibility index (Phi) is 6.09. The van der Waals surface area contributed by atoms with Crippen LogP contribution >= 0.6 is 0 Å². The summed E-state index contributed by atoms with van der Waals surface area (Å²) in [5.41, 5.74) is 0.615. The molecule has 26 heavy (non-hydrogen) atoms. The fourth-order valence-corrected chi connectivity index (χ4v) is 3.78. The van der Waals surface area contributed by atoms with Crippen LogP contribution in [0.25, 0.3) is 4.85 Å². The molecule has 0 unspecified atom stereocenters. The van der Waals surface area contributed by atoms with Gasteiger partial charge in [0.1, 0.15) is 11.8 Å². The number of nitrogens with zero attached hydrogens (tertiary/aromatic N) is 3. The standard InChI is InChI=1S/C20H24N4O2/c1-22-16-6-8-19(9-7-16)26-14-15-4-5-17(11-15)23-13-20(25)24-10-2-3-18(24)12-21/h6-9,15,17-18,23H,2-5,10-11,13-14H2/t15-,17+,18+/m1/s1. The quantitative estimate of drug-likeness (QED) is 0.799. The van der Waals surface area contributed by atoms with Gasteiger partial charge in [-0.1, -0.05) is 12.1 Å². The van der Waals surface area contributed by atoms with Crippen LogP contribution in [0.3, 0.4) is 0 Å². The van der Waals surface area contributed by atoms with Gasteiger partial charge >= 0.3 is 0 Å². The highest BCUT2D eigenvalue weighted by atomic mass is 16.5. The third kappa shape index (κ3) is 4.53. The van der Waals surface area contributed by atoms with Crippen LogP contribution in [0, 0.1) is 23.8 Å². The summed E-state index contributed by atoms with van der Waals surface area (Å²) in [5, 5.41) is 12.4. The summed E-state index contributed by atoms with van der Waals surface area (Å²) in [6.07, 6.45) is 4.83.